The van der Waals surface area contributed by atoms with E-state index in [1.807, 2.05) is 36.1 Å². The van der Waals surface area contributed by atoms with Crippen LogP contribution >= 0.6 is 11.8 Å². The number of hydrogen-bond donors (Lipinski definition) is 1. The number of nitrogens with zero attached hydrogens (tertiary/aromatic N) is 3. The number of likely N-dealkylation sites (tertiary alicyclic amines) is 1. The van der Waals surface area contributed by atoms with E-state index in [4.69, 9.17) is 0 Å². The molecule has 1 aliphatic rings. The van der Waals surface area contributed by atoms with E-state index in [1.54, 1.807) is 18.0 Å². The molecule has 0 spiro atoms. The van der Waals surface area contributed by atoms with Crippen molar-refractivity contribution in [2.75, 3.05) is 18.1 Å². The van der Waals surface area contributed by atoms with Crippen LogP contribution in [0.15, 0.2) is 47.5 Å². The van der Waals surface area contributed by atoms with Crippen LogP contribution in [0.2, 0.25) is 0 Å². The Morgan fingerprint density at radius 2 is 2.10 bits per heavy atom. The molecule has 29 heavy (non-hydrogen) atoms. The molecule has 0 unspecified atom stereocenters. The molecule has 0 saturated carbocycles. The molecule has 1 amide bonds. The number of fused-ring (bicyclic) bond motifs is 1. The van der Waals surface area contributed by atoms with Crippen molar-refractivity contribution < 1.29 is 4.79 Å². The molecule has 3 heterocycles. The fraction of sp³-hybridized carbons (Fsp3) is 0.348. The van der Waals surface area contributed by atoms with Crippen LogP contribution in [0.25, 0.3) is 11.0 Å². The van der Waals surface area contributed by atoms with E-state index in [1.165, 1.54) is 11.3 Å². The Labute approximate surface area is 175 Å². The third kappa shape index (κ3) is 4.08. The van der Waals surface area contributed by atoms with Crippen LogP contribution in [0.3, 0.4) is 0 Å². The summed E-state index contributed by atoms with van der Waals surface area (Å²) in [7, 11) is 0. The van der Waals surface area contributed by atoms with Crippen LogP contribution in [-0.2, 0) is 0 Å². The quantitative estimate of drug-likeness (QED) is 0.587. The molecule has 0 bridgehead atoms. The lowest BCUT2D eigenvalue weighted by Crippen LogP contribution is -2.42. The summed E-state index contributed by atoms with van der Waals surface area (Å²) in [6.07, 6.45) is 7.01. The number of hydrogen-bond acceptors (Lipinski definition) is 5. The first kappa shape index (κ1) is 19.7. The molecule has 2 aromatic heterocycles. The molecule has 150 valence electrons. The molecular weight excluding hydrogens is 380 g/mol. The Hall–Kier alpha value is -2.60. The predicted molar refractivity (Wildman–Crippen MR) is 120 cm³/mol. The molecule has 4 rings (SSSR count). The van der Waals surface area contributed by atoms with Crippen molar-refractivity contribution in [3.63, 3.8) is 0 Å². The van der Waals surface area contributed by atoms with Crippen LogP contribution in [0.4, 0.5) is 11.4 Å². The SMILES string of the molecule is CSc1cccc(Nc2c(C(=O)N3CCCC[C@H]3C)cnc3nc(C)ccc23)c1. The molecule has 1 saturated heterocycles. The van der Waals surface area contributed by atoms with E-state index in [0.717, 1.165) is 41.8 Å². The summed E-state index contributed by atoms with van der Waals surface area (Å²) >= 11 is 1.69. The average molecular weight is 407 g/mol. The first-order valence-electron chi connectivity index (χ1n) is 10.0. The minimum atomic E-state index is 0.0377. The van der Waals surface area contributed by atoms with Gasteiger partial charge in [0, 0.05) is 40.4 Å². The van der Waals surface area contributed by atoms with Crippen molar-refractivity contribution >= 4 is 40.1 Å². The highest BCUT2D eigenvalue weighted by Crippen LogP contribution is 2.32. The molecule has 1 atom stereocenters. The van der Waals surface area contributed by atoms with Gasteiger partial charge in [0.1, 0.15) is 0 Å². The molecule has 1 aliphatic heterocycles. The lowest BCUT2D eigenvalue weighted by atomic mass is 10.0. The van der Waals surface area contributed by atoms with Crippen LogP contribution in [0.1, 0.15) is 42.2 Å². The Morgan fingerprint density at radius 1 is 1.24 bits per heavy atom. The maximum atomic E-state index is 13.5. The van der Waals surface area contributed by atoms with E-state index in [0.29, 0.717) is 11.2 Å². The van der Waals surface area contributed by atoms with E-state index in [9.17, 15) is 4.79 Å². The summed E-state index contributed by atoms with van der Waals surface area (Å²) in [5.41, 5.74) is 3.89. The highest BCUT2D eigenvalue weighted by molar-refractivity contribution is 7.98. The number of pyridine rings is 2. The van der Waals surface area contributed by atoms with Gasteiger partial charge in [0.05, 0.1) is 11.3 Å². The lowest BCUT2D eigenvalue weighted by Gasteiger charge is -2.34. The van der Waals surface area contributed by atoms with Crippen molar-refractivity contribution in [2.45, 2.75) is 44.0 Å². The standard InChI is InChI=1S/C23H26N4OS/c1-15-10-11-19-21(26-17-8-6-9-18(13-17)29-3)20(14-24-22(19)25-15)23(28)27-12-5-4-7-16(27)2/h6,8-11,13-14,16H,4-5,7,12H2,1-3H3,(H,24,25,26)/t16-/m1/s1. The van der Waals surface area contributed by atoms with Crippen LogP contribution in [-0.4, -0.2) is 39.6 Å². The largest absolute Gasteiger partial charge is 0.354 e. The molecule has 0 aliphatic carbocycles. The summed E-state index contributed by atoms with van der Waals surface area (Å²) < 4.78 is 0. The molecule has 1 fully saturated rings. The van der Waals surface area contributed by atoms with E-state index in [2.05, 4.69) is 40.6 Å². The van der Waals surface area contributed by atoms with Crippen molar-refractivity contribution in [1.29, 1.82) is 0 Å². The average Bonchev–Trinajstić information content (AvgIpc) is 2.74. The summed E-state index contributed by atoms with van der Waals surface area (Å²) in [6.45, 7) is 4.88. The van der Waals surface area contributed by atoms with Gasteiger partial charge >= 0.3 is 0 Å². The van der Waals surface area contributed by atoms with E-state index < -0.39 is 0 Å². The van der Waals surface area contributed by atoms with Crippen molar-refractivity contribution in [3.8, 4) is 0 Å². The van der Waals surface area contributed by atoms with Crippen LogP contribution < -0.4 is 5.32 Å². The number of piperidine rings is 1. The van der Waals surface area contributed by atoms with Gasteiger partial charge in [-0.3, -0.25) is 4.79 Å². The van der Waals surface area contributed by atoms with Crippen molar-refractivity contribution in [3.05, 3.63) is 53.9 Å². The third-order valence-electron chi connectivity index (χ3n) is 5.50. The van der Waals surface area contributed by atoms with Gasteiger partial charge in [-0.25, -0.2) is 9.97 Å². The Balaban J connectivity index is 1.81. The predicted octanol–water partition coefficient (Wildman–Crippen LogP) is 5.42. The minimum Gasteiger partial charge on any atom is -0.354 e. The van der Waals surface area contributed by atoms with Crippen LogP contribution in [0, 0.1) is 6.92 Å². The number of aryl methyl sites for hydroxylation is 1. The summed E-state index contributed by atoms with van der Waals surface area (Å²) in [4.78, 5) is 25.7. The number of nitrogens with one attached hydrogen (secondary N) is 1. The number of anilines is 2. The third-order valence-corrected chi connectivity index (χ3v) is 6.23. The fourth-order valence-corrected chi connectivity index (χ4v) is 4.33. The van der Waals surface area contributed by atoms with Crippen molar-refractivity contribution in [1.82, 2.24) is 14.9 Å². The Kier molecular flexibility index (Phi) is 5.72. The Bertz CT molecular complexity index is 1050. The highest BCUT2D eigenvalue weighted by Gasteiger charge is 2.27. The first-order chi connectivity index (χ1) is 14.1. The topological polar surface area (TPSA) is 58.1 Å². The zero-order valence-corrected chi connectivity index (χ0v) is 17.9. The number of carbonyl (C=O) groups is 1. The number of thioether (sulfide) groups is 1. The van der Waals surface area contributed by atoms with Gasteiger partial charge < -0.3 is 10.2 Å². The van der Waals surface area contributed by atoms with Crippen molar-refractivity contribution in [2.24, 2.45) is 0 Å². The van der Waals surface area contributed by atoms with Crippen LogP contribution in [0.5, 0.6) is 0 Å². The molecule has 6 heteroatoms. The zero-order chi connectivity index (χ0) is 20.4. The second-order valence-corrected chi connectivity index (χ2v) is 8.45. The van der Waals surface area contributed by atoms with Gasteiger partial charge in [-0.05, 0) is 69.7 Å². The minimum absolute atomic E-state index is 0.0377. The number of carbonyl (C=O) groups excluding carboxylic acids is 1. The number of rotatable bonds is 4. The highest BCUT2D eigenvalue weighted by atomic mass is 32.2. The van der Waals surface area contributed by atoms with E-state index in [-0.39, 0.29) is 11.9 Å². The lowest BCUT2D eigenvalue weighted by molar-refractivity contribution is 0.0636. The molecule has 1 N–H and O–H groups in total. The second kappa shape index (κ2) is 8.41. The van der Waals surface area contributed by atoms with Gasteiger partial charge in [-0.2, -0.15) is 0 Å². The van der Waals surface area contributed by atoms with Gasteiger partial charge in [0.2, 0.25) is 0 Å². The first-order valence-corrected chi connectivity index (χ1v) is 11.3. The molecule has 0 radical (unpaired) electrons. The zero-order valence-electron chi connectivity index (χ0n) is 17.1. The second-order valence-electron chi connectivity index (χ2n) is 7.57. The summed E-state index contributed by atoms with van der Waals surface area (Å²) in [5.74, 6) is 0.0377. The molecule has 5 nitrogen and oxygen atoms in total. The Morgan fingerprint density at radius 3 is 2.90 bits per heavy atom. The normalized spacial score (nSPS) is 16.8. The van der Waals surface area contributed by atoms with Gasteiger partial charge in [-0.1, -0.05) is 6.07 Å². The van der Waals surface area contributed by atoms with Gasteiger partial charge in [0.25, 0.3) is 5.91 Å². The van der Waals surface area contributed by atoms with Gasteiger partial charge in [0.15, 0.2) is 5.65 Å². The monoisotopic (exact) mass is 406 g/mol. The van der Waals surface area contributed by atoms with E-state index >= 15 is 0 Å². The smallest absolute Gasteiger partial charge is 0.257 e. The summed E-state index contributed by atoms with van der Waals surface area (Å²) in [6, 6.07) is 12.4. The number of aromatic nitrogens is 2. The van der Waals surface area contributed by atoms with Gasteiger partial charge in [-0.15, -0.1) is 11.8 Å². The molecule has 3 aromatic rings. The number of benzene rings is 1. The molecular formula is C23H26N4OS. The maximum Gasteiger partial charge on any atom is 0.257 e. The number of amides is 1. The maximum absolute atomic E-state index is 13.5. The molecule has 1 aromatic carbocycles. The fourth-order valence-electron chi connectivity index (χ4n) is 3.87. The summed E-state index contributed by atoms with van der Waals surface area (Å²) in [5, 5.41) is 4.37.